The third kappa shape index (κ3) is 3.12. The van der Waals surface area contributed by atoms with Crippen molar-refractivity contribution in [2.75, 3.05) is 13.2 Å². The van der Waals surface area contributed by atoms with Crippen molar-refractivity contribution >= 4 is 0 Å². The smallest absolute Gasteiger partial charge is 0.0468 e. The topological polar surface area (TPSA) is 35.2 Å². The molecule has 0 spiro atoms. The van der Waals surface area contributed by atoms with Gasteiger partial charge in [-0.15, -0.1) is 0 Å². The summed E-state index contributed by atoms with van der Waals surface area (Å²) in [7, 11) is 0. The molecule has 2 rings (SSSR count). The van der Waals surface area contributed by atoms with E-state index in [9.17, 15) is 0 Å². The molecule has 1 heterocycles. The standard InChI is InChI=1S/C16H25NO/c1-16(2,14-6-4-3-5-7-14)15(17)12-13-8-10-18-11-9-13/h3-7,13,15H,8-12,17H2,1-2H3. The molecule has 1 atom stereocenters. The van der Waals surface area contributed by atoms with Gasteiger partial charge in [-0.1, -0.05) is 44.2 Å². The van der Waals surface area contributed by atoms with Gasteiger partial charge in [0.15, 0.2) is 0 Å². The van der Waals surface area contributed by atoms with Crippen LogP contribution in [0.15, 0.2) is 30.3 Å². The van der Waals surface area contributed by atoms with Crippen molar-refractivity contribution in [3.05, 3.63) is 35.9 Å². The van der Waals surface area contributed by atoms with Gasteiger partial charge in [-0.2, -0.15) is 0 Å². The fourth-order valence-corrected chi connectivity index (χ4v) is 2.72. The van der Waals surface area contributed by atoms with Crippen LogP contribution in [-0.2, 0) is 10.2 Å². The Balaban J connectivity index is 2.00. The van der Waals surface area contributed by atoms with Gasteiger partial charge in [-0.05, 0) is 30.7 Å². The summed E-state index contributed by atoms with van der Waals surface area (Å²) in [5.41, 5.74) is 7.85. The van der Waals surface area contributed by atoms with Crippen LogP contribution >= 0.6 is 0 Å². The molecule has 0 saturated carbocycles. The zero-order chi connectivity index (χ0) is 13.0. The molecule has 0 aromatic heterocycles. The Labute approximate surface area is 111 Å². The average Bonchev–Trinajstić information content (AvgIpc) is 2.41. The van der Waals surface area contributed by atoms with Gasteiger partial charge in [0.05, 0.1) is 0 Å². The molecular formula is C16H25NO. The summed E-state index contributed by atoms with van der Waals surface area (Å²) >= 11 is 0. The van der Waals surface area contributed by atoms with E-state index < -0.39 is 0 Å². The van der Waals surface area contributed by atoms with Crippen molar-refractivity contribution in [2.24, 2.45) is 11.7 Å². The SMILES string of the molecule is CC(C)(c1ccccc1)C(N)CC1CCOCC1. The van der Waals surface area contributed by atoms with Crippen molar-refractivity contribution in [3.8, 4) is 0 Å². The number of hydrogen-bond donors (Lipinski definition) is 1. The lowest BCUT2D eigenvalue weighted by Crippen LogP contribution is -2.42. The molecule has 1 aliphatic rings. The highest BCUT2D eigenvalue weighted by molar-refractivity contribution is 5.25. The van der Waals surface area contributed by atoms with Crippen molar-refractivity contribution in [1.82, 2.24) is 0 Å². The van der Waals surface area contributed by atoms with E-state index in [2.05, 4.69) is 44.2 Å². The van der Waals surface area contributed by atoms with Crippen LogP contribution in [0.2, 0.25) is 0 Å². The van der Waals surface area contributed by atoms with Gasteiger partial charge in [0.1, 0.15) is 0 Å². The first-order valence-corrected chi connectivity index (χ1v) is 6.99. The van der Waals surface area contributed by atoms with E-state index in [-0.39, 0.29) is 11.5 Å². The molecule has 1 aromatic carbocycles. The molecule has 0 aliphatic carbocycles. The number of nitrogens with two attached hydrogens (primary N) is 1. The molecule has 1 saturated heterocycles. The third-order valence-corrected chi connectivity index (χ3v) is 4.37. The van der Waals surface area contributed by atoms with Gasteiger partial charge in [-0.3, -0.25) is 0 Å². The molecule has 100 valence electrons. The van der Waals surface area contributed by atoms with Gasteiger partial charge in [-0.25, -0.2) is 0 Å². The minimum absolute atomic E-state index is 0.0412. The largest absolute Gasteiger partial charge is 0.381 e. The van der Waals surface area contributed by atoms with E-state index in [4.69, 9.17) is 10.5 Å². The third-order valence-electron chi connectivity index (χ3n) is 4.37. The van der Waals surface area contributed by atoms with Crippen molar-refractivity contribution in [2.45, 2.75) is 44.6 Å². The predicted molar refractivity (Wildman–Crippen MR) is 75.6 cm³/mol. The molecule has 2 nitrogen and oxygen atoms in total. The minimum atomic E-state index is 0.0412. The Hall–Kier alpha value is -0.860. The van der Waals surface area contributed by atoms with E-state index in [1.54, 1.807) is 0 Å². The molecule has 1 aliphatic heterocycles. The Morgan fingerprint density at radius 2 is 1.83 bits per heavy atom. The zero-order valence-electron chi connectivity index (χ0n) is 11.6. The zero-order valence-corrected chi connectivity index (χ0v) is 11.6. The molecule has 0 bridgehead atoms. The van der Waals surface area contributed by atoms with E-state index in [1.165, 1.54) is 18.4 Å². The first kappa shape index (κ1) is 13.6. The highest BCUT2D eigenvalue weighted by Crippen LogP contribution is 2.31. The lowest BCUT2D eigenvalue weighted by atomic mass is 9.74. The summed E-state index contributed by atoms with van der Waals surface area (Å²) in [4.78, 5) is 0. The summed E-state index contributed by atoms with van der Waals surface area (Å²) in [5.74, 6) is 0.733. The molecule has 0 radical (unpaired) electrons. The molecule has 2 N–H and O–H groups in total. The van der Waals surface area contributed by atoms with Crippen LogP contribution < -0.4 is 5.73 Å². The predicted octanol–water partition coefficient (Wildman–Crippen LogP) is 3.11. The monoisotopic (exact) mass is 247 g/mol. The van der Waals surface area contributed by atoms with Crippen molar-refractivity contribution in [3.63, 3.8) is 0 Å². The van der Waals surface area contributed by atoms with E-state index in [0.717, 1.165) is 25.6 Å². The maximum absolute atomic E-state index is 6.47. The number of rotatable bonds is 4. The van der Waals surface area contributed by atoms with Gasteiger partial charge < -0.3 is 10.5 Å². The van der Waals surface area contributed by atoms with Crippen LogP contribution in [0.3, 0.4) is 0 Å². The molecule has 1 fully saturated rings. The second kappa shape index (κ2) is 5.85. The van der Waals surface area contributed by atoms with E-state index >= 15 is 0 Å². The molecule has 1 unspecified atom stereocenters. The van der Waals surface area contributed by atoms with Crippen LogP contribution in [0.25, 0.3) is 0 Å². The number of hydrogen-bond acceptors (Lipinski definition) is 2. The Morgan fingerprint density at radius 1 is 1.22 bits per heavy atom. The summed E-state index contributed by atoms with van der Waals surface area (Å²) in [5, 5.41) is 0. The highest BCUT2D eigenvalue weighted by atomic mass is 16.5. The van der Waals surface area contributed by atoms with Crippen LogP contribution in [0, 0.1) is 5.92 Å². The second-order valence-electron chi connectivity index (χ2n) is 5.99. The van der Waals surface area contributed by atoms with Gasteiger partial charge in [0, 0.05) is 24.7 Å². The molecular weight excluding hydrogens is 222 g/mol. The summed E-state index contributed by atoms with van der Waals surface area (Å²) < 4.78 is 5.41. The quantitative estimate of drug-likeness (QED) is 0.887. The minimum Gasteiger partial charge on any atom is -0.381 e. The molecule has 0 amide bonds. The Kier molecular flexibility index (Phi) is 4.41. The normalized spacial score (nSPS) is 19.7. The van der Waals surface area contributed by atoms with Crippen molar-refractivity contribution < 1.29 is 4.74 Å². The lowest BCUT2D eigenvalue weighted by Gasteiger charge is -2.35. The first-order chi connectivity index (χ1) is 8.60. The van der Waals surface area contributed by atoms with E-state index in [0.29, 0.717) is 0 Å². The summed E-state index contributed by atoms with van der Waals surface area (Å²) in [6, 6.07) is 10.8. The van der Waals surface area contributed by atoms with Crippen LogP contribution in [-0.4, -0.2) is 19.3 Å². The highest BCUT2D eigenvalue weighted by Gasteiger charge is 2.30. The molecule has 18 heavy (non-hydrogen) atoms. The molecule has 2 heteroatoms. The van der Waals surface area contributed by atoms with Crippen LogP contribution in [0.5, 0.6) is 0 Å². The van der Waals surface area contributed by atoms with E-state index in [1.807, 2.05) is 0 Å². The number of benzene rings is 1. The summed E-state index contributed by atoms with van der Waals surface area (Å²) in [6.45, 7) is 6.32. The Morgan fingerprint density at radius 3 is 2.44 bits per heavy atom. The van der Waals surface area contributed by atoms with Crippen LogP contribution in [0.4, 0.5) is 0 Å². The Bertz CT molecular complexity index is 355. The fraction of sp³-hybridized carbons (Fsp3) is 0.625. The fourth-order valence-electron chi connectivity index (χ4n) is 2.72. The number of ether oxygens (including phenoxy) is 1. The average molecular weight is 247 g/mol. The van der Waals surface area contributed by atoms with Gasteiger partial charge in [0.2, 0.25) is 0 Å². The maximum atomic E-state index is 6.47. The van der Waals surface area contributed by atoms with Gasteiger partial charge >= 0.3 is 0 Å². The van der Waals surface area contributed by atoms with Gasteiger partial charge in [0.25, 0.3) is 0 Å². The maximum Gasteiger partial charge on any atom is 0.0468 e. The van der Waals surface area contributed by atoms with Crippen LogP contribution in [0.1, 0.15) is 38.7 Å². The van der Waals surface area contributed by atoms with Crippen molar-refractivity contribution in [1.29, 1.82) is 0 Å². The second-order valence-corrected chi connectivity index (χ2v) is 5.99. The summed E-state index contributed by atoms with van der Waals surface area (Å²) in [6.07, 6.45) is 3.43. The lowest BCUT2D eigenvalue weighted by molar-refractivity contribution is 0.0594. The molecule has 1 aromatic rings. The first-order valence-electron chi connectivity index (χ1n) is 6.99.